The lowest BCUT2D eigenvalue weighted by Crippen LogP contribution is -2.35. The van der Waals surface area contributed by atoms with Gasteiger partial charge in [0.05, 0.1) is 6.54 Å². The summed E-state index contributed by atoms with van der Waals surface area (Å²) in [5.74, 6) is 2.46. The summed E-state index contributed by atoms with van der Waals surface area (Å²) in [7, 11) is 0. The van der Waals surface area contributed by atoms with Gasteiger partial charge in [-0.25, -0.2) is 4.98 Å². The molecular weight excluding hydrogens is 228 g/mol. The Balaban J connectivity index is 1.60. The molecule has 0 unspecified atom stereocenters. The zero-order chi connectivity index (χ0) is 12.2. The summed E-state index contributed by atoms with van der Waals surface area (Å²) in [5, 5.41) is 3.23. The van der Waals surface area contributed by atoms with Gasteiger partial charge in [-0.15, -0.1) is 0 Å². The van der Waals surface area contributed by atoms with Gasteiger partial charge in [0.2, 0.25) is 0 Å². The van der Waals surface area contributed by atoms with Crippen LogP contribution in [0.15, 0.2) is 48.7 Å². The number of para-hydroxylation sites is 2. The van der Waals surface area contributed by atoms with Crippen molar-refractivity contribution in [1.29, 1.82) is 0 Å². The number of benzene rings is 1. The summed E-state index contributed by atoms with van der Waals surface area (Å²) in [6, 6.07) is 13.5. The molecule has 2 heterocycles. The molecule has 4 nitrogen and oxygen atoms in total. The summed E-state index contributed by atoms with van der Waals surface area (Å²) in [4.78, 5) is 4.20. The Labute approximate surface area is 106 Å². The summed E-state index contributed by atoms with van der Waals surface area (Å²) in [5.41, 5.74) is 0. The van der Waals surface area contributed by atoms with Crippen molar-refractivity contribution in [3.05, 3.63) is 48.7 Å². The molecule has 1 aliphatic heterocycles. The minimum Gasteiger partial charge on any atom is -0.486 e. The highest BCUT2D eigenvalue weighted by molar-refractivity contribution is 5.41. The molecule has 92 valence electrons. The number of ether oxygens (including phenoxy) is 2. The Morgan fingerprint density at radius 3 is 2.78 bits per heavy atom. The van der Waals surface area contributed by atoms with Gasteiger partial charge in [0, 0.05) is 6.20 Å². The first-order chi connectivity index (χ1) is 8.92. The fourth-order valence-electron chi connectivity index (χ4n) is 1.85. The normalized spacial score (nSPS) is 17.2. The van der Waals surface area contributed by atoms with Gasteiger partial charge in [-0.2, -0.15) is 0 Å². The molecule has 1 aromatic carbocycles. The monoisotopic (exact) mass is 242 g/mol. The Bertz CT molecular complexity index is 516. The van der Waals surface area contributed by atoms with Gasteiger partial charge in [0.15, 0.2) is 11.5 Å². The second-order valence-corrected chi connectivity index (χ2v) is 4.09. The second-order valence-electron chi connectivity index (χ2n) is 4.09. The quantitative estimate of drug-likeness (QED) is 0.897. The van der Waals surface area contributed by atoms with Crippen LogP contribution in [0.2, 0.25) is 0 Å². The second kappa shape index (κ2) is 4.96. The lowest BCUT2D eigenvalue weighted by molar-refractivity contribution is 0.0997. The van der Waals surface area contributed by atoms with Gasteiger partial charge in [-0.1, -0.05) is 18.2 Å². The van der Waals surface area contributed by atoms with Crippen LogP contribution >= 0.6 is 0 Å². The van der Waals surface area contributed by atoms with E-state index in [4.69, 9.17) is 9.47 Å². The van der Waals surface area contributed by atoms with Crippen molar-refractivity contribution in [2.45, 2.75) is 6.10 Å². The van der Waals surface area contributed by atoms with Crippen molar-refractivity contribution < 1.29 is 9.47 Å². The number of nitrogens with one attached hydrogen (secondary N) is 1. The van der Waals surface area contributed by atoms with Gasteiger partial charge in [0.1, 0.15) is 18.5 Å². The van der Waals surface area contributed by atoms with E-state index in [2.05, 4.69) is 10.3 Å². The molecule has 0 radical (unpaired) electrons. The summed E-state index contributed by atoms with van der Waals surface area (Å²) >= 11 is 0. The number of aromatic nitrogens is 1. The third-order valence-electron chi connectivity index (χ3n) is 2.74. The molecule has 0 saturated heterocycles. The van der Waals surface area contributed by atoms with E-state index in [1.54, 1.807) is 6.20 Å². The SMILES string of the molecule is c1ccc(NC[C@H]2COc3ccccc3O2)nc1. The molecule has 1 N–H and O–H groups in total. The van der Waals surface area contributed by atoms with Crippen molar-refractivity contribution in [2.75, 3.05) is 18.5 Å². The number of hydrogen-bond acceptors (Lipinski definition) is 4. The van der Waals surface area contributed by atoms with Gasteiger partial charge < -0.3 is 14.8 Å². The van der Waals surface area contributed by atoms with Crippen molar-refractivity contribution in [2.24, 2.45) is 0 Å². The molecule has 0 aliphatic carbocycles. The first kappa shape index (κ1) is 10.9. The molecule has 1 atom stereocenters. The highest BCUT2D eigenvalue weighted by Gasteiger charge is 2.20. The van der Waals surface area contributed by atoms with Gasteiger partial charge in [-0.05, 0) is 24.3 Å². The highest BCUT2D eigenvalue weighted by atomic mass is 16.6. The number of fused-ring (bicyclic) bond motifs is 1. The van der Waals surface area contributed by atoms with E-state index >= 15 is 0 Å². The van der Waals surface area contributed by atoms with Crippen molar-refractivity contribution >= 4 is 5.82 Å². The largest absolute Gasteiger partial charge is 0.486 e. The van der Waals surface area contributed by atoms with Crippen LogP contribution in [-0.2, 0) is 0 Å². The lowest BCUT2D eigenvalue weighted by atomic mass is 10.2. The standard InChI is InChI=1S/C14H14N2O2/c1-2-6-13-12(5-1)17-10-11(18-13)9-16-14-7-3-4-8-15-14/h1-8,11H,9-10H2,(H,15,16)/t11-/m0/s1. The van der Waals surface area contributed by atoms with Crippen LogP contribution < -0.4 is 14.8 Å². The number of pyridine rings is 1. The molecule has 1 aliphatic rings. The van der Waals surface area contributed by atoms with E-state index in [0.29, 0.717) is 13.2 Å². The summed E-state index contributed by atoms with van der Waals surface area (Å²) in [6.45, 7) is 1.22. The minimum atomic E-state index is 0.00176. The van der Waals surface area contributed by atoms with E-state index in [0.717, 1.165) is 17.3 Å². The Hall–Kier alpha value is -2.23. The smallest absolute Gasteiger partial charge is 0.161 e. The van der Waals surface area contributed by atoms with E-state index in [1.165, 1.54) is 0 Å². The molecule has 4 heteroatoms. The molecule has 0 saturated carbocycles. The molecule has 0 bridgehead atoms. The molecular formula is C14H14N2O2. The van der Waals surface area contributed by atoms with Crippen molar-refractivity contribution in [1.82, 2.24) is 4.98 Å². The van der Waals surface area contributed by atoms with Crippen LogP contribution in [0, 0.1) is 0 Å². The van der Waals surface area contributed by atoms with Gasteiger partial charge in [0.25, 0.3) is 0 Å². The van der Waals surface area contributed by atoms with Crippen LogP contribution in [-0.4, -0.2) is 24.2 Å². The Morgan fingerprint density at radius 2 is 1.94 bits per heavy atom. The van der Waals surface area contributed by atoms with Gasteiger partial charge >= 0.3 is 0 Å². The molecule has 0 fully saturated rings. The molecule has 2 aromatic rings. The van der Waals surface area contributed by atoms with Crippen LogP contribution in [0.3, 0.4) is 0 Å². The molecule has 0 amide bonds. The Kier molecular flexibility index (Phi) is 3.00. The topological polar surface area (TPSA) is 43.4 Å². The maximum absolute atomic E-state index is 5.84. The highest BCUT2D eigenvalue weighted by Crippen LogP contribution is 2.30. The number of hydrogen-bond donors (Lipinski definition) is 1. The average molecular weight is 242 g/mol. The van der Waals surface area contributed by atoms with E-state index in [-0.39, 0.29) is 6.10 Å². The van der Waals surface area contributed by atoms with Crippen LogP contribution in [0.25, 0.3) is 0 Å². The fraction of sp³-hybridized carbons (Fsp3) is 0.214. The van der Waals surface area contributed by atoms with Crippen LogP contribution in [0.5, 0.6) is 11.5 Å². The molecule has 18 heavy (non-hydrogen) atoms. The third kappa shape index (κ3) is 2.37. The number of rotatable bonds is 3. The third-order valence-corrected chi connectivity index (χ3v) is 2.74. The van der Waals surface area contributed by atoms with E-state index in [9.17, 15) is 0 Å². The predicted octanol–water partition coefficient (Wildman–Crippen LogP) is 2.33. The fourth-order valence-corrected chi connectivity index (χ4v) is 1.85. The molecule has 3 rings (SSSR count). The molecule has 1 aromatic heterocycles. The van der Waals surface area contributed by atoms with Crippen molar-refractivity contribution in [3.63, 3.8) is 0 Å². The predicted molar refractivity (Wildman–Crippen MR) is 69.1 cm³/mol. The lowest BCUT2D eigenvalue weighted by Gasteiger charge is -2.26. The minimum absolute atomic E-state index is 0.00176. The van der Waals surface area contributed by atoms with E-state index in [1.807, 2.05) is 42.5 Å². The zero-order valence-electron chi connectivity index (χ0n) is 9.87. The summed E-state index contributed by atoms with van der Waals surface area (Å²) in [6.07, 6.45) is 1.76. The average Bonchev–Trinajstić information content (AvgIpc) is 2.46. The first-order valence-corrected chi connectivity index (χ1v) is 5.95. The van der Waals surface area contributed by atoms with Crippen LogP contribution in [0.1, 0.15) is 0 Å². The zero-order valence-corrected chi connectivity index (χ0v) is 9.87. The van der Waals surface area contributed by atoms with Crippen molar-refractivity contribution in [3.8, 4) is 11.5 Å². The maximum atomic E-state index is 5.84. The Morgan fingerprint density at radius 1 is 1.11 bits per heavy atom. The van der Waals surface area contributed by atoms with Gasteiger partial charge in [-0.3, -0.25) is 0 Å². The number of anilines is 1. The maximum Gasteiger partial charge on any atom is 0.161 e. The number of nitrogens with zero attached hydrogens (tertiary/aromatic N) is 1. The van der Waals surface area contributed by atoms with Crippen LogP contribution in [0.4, 0.5) is 5.82 Å². The first-order valence-electron chi connectivity index (χ1n) is 5.95. The summed E-state index contributed by atoms with van der Waals surface area (Å²) < 4.78 is 11.5. The molecule has 0 spiro atoms. The van der Waals surface area contributed by atoms with E-state index < -0.39 is 0 Å².